The molecule has 2 nitrogen and oxygen atoms in total. The first-order valence-corrected chi connectivity index (χ1v) is 4.12. The molecule has 0 aromatic heterocycles. The second-order valence-electron chi connectivity index (χ2n) is 3.96. The van der Waals surface area contributed by atoms with Crippen LogP contribution in [0.3, 0.4) is 0 Å². The van der Waals surface area contributed by atoms with E-state index in [0.29, 0.717) is 0 Å². The summed E-state index contributed by atoms with van der Waals surface area (Å²) in [5.74, 6) is -0.906. The lowest BCUT2D eigenvalue weighted by Crippen LogP contribution is -2.19. The van der Waals surface area contributed by atoms with Crippen molar-refractivity contribution in [2.45, 2.75) is 40.5 Å². The van der Waals surface area contributed by atoms with Crippen LogP contribution < -0.4 is 0 Å². The van der Waals surface area contributed by atoms with E-state index < -0.39 is 5.97 Å². The lowest BCUT2D eigenvalue weighted by atomic mass is 9.81. The van der Waals surface area contributed by atoms with Crippen LogP contribution in [-0.2, 0) is 4.79 Å². The molecule has 0 aromatic rings. The molecule has 11 heavy (non-hydrogen) atoms. The highest BCUT2D eigenvalue weighted by Gasteiger charge is 2.22. The summed E-state index contributed by atoms with van der Waals surface area (Å²) < 4.78 is 0. The van der Waals surface area contributed by atoms with Gasteiger partial charge in [0.1, 0.15) is 0 Å². The van der Waals surface area contributed by atoms with Crippen molar-refractivity contribution in [3.63, 3.8) is 0 Å². The molecule has 0 heterocycles. The molecular formula is C9H18O2. The van der Waals surface area contributed by atoms with Gasteiger partial charge in [-0.1, -0.05) is 34.1 Å². The molecule has 0 unspecified atom stereocenters. The van der Waals surface area contributed by atoms with Crippen molar-refractivity contribution in [1.82, 2.24) is 0 Å². The molecule has 0 aliphatic heterocycles. The molecule has 0 amide bonds. The standard InChI is InChI=1S/C9H18O2/c1-5-9(3,4)6-7(2)8(10)11/h7H,5-6H2,1-4H3,(H,10,11)/t7-/m0/s1. The smallest absolute Gasteiger partial charge is 0.306 e. The number of carboxylic acid groups (broad SMARTS) is 1. The minimum Gasteiger partial charge on any atom is -0.481 e. The third-order valence-corrected chi connectivity index (χ3v) is 2.24. The Labute approximate surface area is 68.6 Å². The highest BCUT2D eigenvalue weighted by atomic mass is 16.4. The minimum absolute atomic E-state index is 0.164. The Morgan fingerprint density at radius 2 is 2.00 bits per heavy atom. The molecule has 1 atom stereocenters. The topological polar surface area (TPSA) is 37.3 Å². The molecule has 0 bridgehead atoms. The Morgan fingerprint density at radius 3 is 2.27 bits per heavy atom. The van der Waals surface area contributed by atoms with Gasteiger partial charge in [0.2, 0.25) is 0 Å². The molecule has 2 heteroatoms. The van der Waals surface area contributed by atoms with E-state index in [-0.39, 0.29) is 11.3 Å². The first-order valence-electron chi connectivity index (χ1n) is 4.12. The molecular weight excluding hydrogens is 140 g/mol. The van der Waals surface area contributed by atoms with Crippen LogP contribution in [0, 0.1) is 11.3 Å². The Bertz CT molecular complexity index is 138. The van der Waals surface area contributed by atoms with Crippen molar-refractivity contribution in [1.29, 1.82) is 0 Å². The van der Waals surface area contributed by atoms with E-state index >= 15 is 0 Å². The maximum atomic E-state index is 10.5. The number of carbonyl (C=O) groups is 1. The van der Waals surface area contributed by atoms with Crippen LogP contribution in [0.15, 0.2) is 0 Å². The Morgan fingerprint density at radius 1 is 1.55 bits per heavy atom. The van der Waals surface area contributed by atoms with Crippen molar-refractivity contribution >= 4 is 5.97 Å². The van der Waals surface area contributed by atoms with Gasteiger partial charge in [-0.2, -0.15) is 0 Å². The lowest BCUT2D eigenvalue weighted by molar-refractivity contribution is -0.142. The fourth-order valence-corrected chi connectivity index (χ4v) is 1.06. The van der Waals surface area contributed by atoms with Crippen LogP contribution in [0.4, 0.5) is 0 Å². The van der Waals surface area contributed by atoms with Gasteiger partial charge in [-0.05, 0) is 11.8 Å². The summed E-state index contributed by atoms with van der Waals surface area (Å²) in [5.41, 5.74) is 0.164. The molecule has 0 saturated heterocycles. The predicted molar refractivity (Wildman–Crippen MR) is 45.5 cm³/mol. The fraction of sp³-hybridized carbons (Fsp3) is 0.889. The van der Waals surface area contributed by atoms with Gasteiger partial charge in [0, 0.05) is 0 Å². The zero-order valence-corrected chi connectivity index (χ0v) is 7.85. The molecule has 66 valence electrons. The SMILES string of the molecule is CCC(C)(C)C[C@H](C)C(=O)O. The zero-order chi connectivity index (χ0) is 9.07. The van der Waals surface area contributed by atoms with Crippen molar-refractivity contribution < 1.29 is 9.90 Å². The van der Waals surface area contributed by atoms with Crippen molar-refractivity contribution in [3.05, 3.63) is 0 Å². The summed E-state index contributed by atoms with van der Waals surface area (Å²) >= 11 is 0. The summed E-state index contributed by atoms with van der Waals surface area (Å²) in [4.78, 5) is 10.5. The summed E-state index contributed by atoms with van der Waals surface area (Å²) in [7, 11) is 0. The molecule has 0 spiro atoms. The Balaban J connectivity index is 3.93. The quantitative estimate of drug-likeness (QED) is 0.682. The van der Waals surface area contributed by atoms with Gasteiger partial charge < -0.3 is 5.11 Å². The maximum absolute atomic E-state index is 10.5. The zero-order valence-electron chi connectivity index (χ0n) is 7.85. The van der Waals surface area contributed by atoms with Crippen LogP contribution in [0.25, 0.3) is 0 Å². The molecule has 1 N–H and O–H groups in total. The van der Waals surface area contributed by atoms with Crippen LogP contribution in [-0.4, -0.2) is 11.1 Å². The summed E-state index contributed by atoms with van der Waals surface area (Å²) in [6.07, 6.45) is 1.80. The van der Waals surface area contributed by atoms with Gasteiger partial charge in [0.15, 0.2) is 0 Å². The molecule has 0 rings (SSSR count). The van der Waals surface area contributed by atoms with E-state index in [1.807, 2.05) is 0 Å². The predicted octanol–water partition coefficient (Wildman–Crippen LogP) is 2.53. The average molecular weight is 158 g/mol. The van der Waals surface area contributed by atoms with Gasteiger partial charge in [-0.25, -0.2) is 0 Å². The van der Waals surface area contributed by atoms with Crippen molar-refractivity contribution in [2.24, 2.45) is 11.3 Å². The molecule has 0 saturated carbocycles. The van der Waals surface area contributed by atoms with Crippen molar-refractivity contribution in [3.8, 4) is 0 Å². The van der Waals surface area contributed by atoms with Crippen LogP contribution in [0.2, 0.25) is 0 Å². The number of aliphatic carboxylic acids is 1. The van der Waals surface area contributed by atoms with Gasteiger partial charge in [-0.3, -0.25) is 4.79 Å². The number of carboxylic acids is 1. The maximum Gasteiger partial charge on any atom is 0.306 e. The largest absolute Gasteiger partial charge is 0.481 e. The molecule has 0 aromatic carbocycles. The van der Waals surface area contributed by atoms with E-state index in [1.165, 1.54) is 0 Å². The second kappa shape index (κ2) is 3.74. The number of hydrogen-bond donors (Lipinski definition) is 1. The van der Waals surface area contributed by atoms with Gasteiger partial charge in [0.25, 0.3) is 0 Å². The first kappa shape index (κ1) is 10.5. The molecule has 0 radical (unpaired) electrons. The Hall–Kier alpha value is -0.530. The second-order valence-corrected chi connectivity index (χ2v) is 3.96. The molecule has 0 aliphatic rings. The molecule has 0 aliphatic carbocycles. The van der Waals surface area contributed by atoms with Crippen LogP contribution in [0.5, 0.6) is 0 Å². The summed E-state index contributed by atoms with van der Waals surface area (Å²) in [6.45, 7) is 8.06. The van der Waals surface area contributed by atoms with Gasteiger partial charge in [-0.15, -0.1) is 0 Å². The van der Waals surface area contributed by atoms with E-state index in [4.69, 9.17) is 5.11 Å². The van der Waals surface area contributed by atoms with E-state index in [2.05, 4.69) is 20.8 Å². The Kier molecular flexibility index (Phi) is 3.56. The monoisotopic (exact) mass is 158 g/mol. The van der Waals surface area contributed by atoms with E-state index in [1.54, 1.807) is 6.92 Å². The van der Waals surface area contributed by atoms with Crippen molar-refractivity contribution in [2.75, 3.05) is 0 Å². The van der Waals surface area contributed by atoms with E-state index in [9.17, 15) is 4.79 Å². The average Bonchev–Trinajstić information content (AvgIpc) is 1.87. The number of hydrogen-bond acceptors (Lipinski definition) is 1. The third-order valence-electron chi connectivity index (χ3n) is 2.24. The highest BCUT2D eigenvalue weighted by molar-refractivity contribution is 5.69. The summed E-state index contributed by atoms with van der Waals surface area (Å²) in [5, 5.41) is 8.64. The molecule has 0 fully saturated rings. The van der Waals surface area contributed by atoms with Crippen LogP contribution in [0.1, 0.15) is 40.5 Å². The normalized spacial score (nSPS) is 14.5. The minimum atomic E-state index is -0.688. The third kappa shape index (κ3) is 4.02. The van der Waals surface area contributed by atoms with Gasteiger partial charge in [0.05, 0.1) is 5.92 Å². The highest BCUT2D eigenvalue weighted by Crippen LogP contribution is 2.28. The summed E-state index contributed by atoms with van der Waals surface area (Å²) in [6, 6.07) is 0. The fourth-order valence-electron chi connectivity index (χ4n) is 1.06. The first-order chi connectivity index (χ1) is 4.89. The number of rotatable bonds is 4. The van der Waals surface area contributed by atoms with E-state index in [0.717, 1.165) is 12.8 Å². The van der Waals surface area contributed by atoms with Gasteiger partial charge >= 0.3 is 5.97 Å². The van der Waals surface area contributed by atoms with Crippen LogP contribution >= 0.6 is 0 Å². The lowest BCUT2D eigenvalue weighted by Gasteiger charge is -2.24.